The van der Waals surface area contributed by atoms with Gasteiger partial charge >= 0.3 is 0 Å². The molecule has 3 heteroatoms. The standard InChI is InChI=1S/C14H16N2O/c1-9-5-6-15-14(7-9)16-11(3)10(2)13(8-17)12(16)4/h5-8H,1-4H3. The largest absolute Gasteiger partial charge is 0.302 e. The summed E-state index contributed by atoms with van der Waals surface area (Å²) in [6.45, 7) is 7.97. The number of aldehydes is 1. The Morgan fingerprint density at radius 2 is 1.88 bits per heavy atom. The summed E-state index contributed by atoms with van der Waals surface area (Å²) in [6.07, 6.45) is 2.71. The number of nitrogens with zero attached hydrogens (tertiary/aromatic N) is 2. The molecule has 2 heterocycles. The van der Waals surface area contributed by atoms with Crippen molar-refractivity contribution in [3.8, 4) is 5.82 Å². The molecule has 0 aliphatic rings. The fourth-order valence-electron chi connectivity index (χ4n) is 2.17. The van der Waals surface area contributed by atoms with Gasteiger partial charge in [0.25, 0.3) is 0 Å². The van der Waals surface area contributed by atoms with Gasteiger partial charge in [0.2, 0.25) is 0 Å². The Morgan fingerprint density at radius 1 is 1.18 bits per heavy atom. The lowest BCUT2D eigenvalue weighted by molar-refractivity contribution is 0.112. The van der Waals surface area contributed by atoms with Crippen LogP contribution in [0.5, 0.6) is 0 Å². The second-order valence-electron chi connectivity index (χ2n) is 4.35. The molecule has 0 unspecified atom stereocenters. The van der Waals surface area contributed by atoms with E-state index in [9.17, 15) is 4.79 Å². The Kier molecular flexibility index (Phi) is 2.84. The zero-order valence-corrected chi connectivity index (χ0v) is 10.6. The van der Waals surface area contributed by atoms with Gasteiger partial charge in [-0.2, -0.15) is 0 Å². The number of carbonyl (C=O) groups is 1. The first kappa shape index (κ1) is 11.6. The molecule has 0 fully saturated rings. The van der Waals surface area contributed by atoms with Crippen LogP contribution in [0.1, 0.15) is 32.9 Å². The smallest absolute Gasteiger partial charge is 0.152 e. The van der Waals surface area contributed by atoms with E-state index in [0.29, 0.717) is 0 Å². The first-order valence-corrected chi connectivity index (χ1v) is 5.63. The summed E-state index contributed by atoms with van der Waals surface area (Å²) in [4.78, 5) is 15.4. The molecular weight excluding hydrogens is 212 g/mol. The first-order valence-electron chi connectivity index (χ1n) is 5.63. The minimum absolute atomic E-state index is 0.769. The highest BCUT2D eigenvalue weighted by Gasteiger charge is 2.15. The molecule has 0 spiro atoms. The first-order chi connectivity index (χ1) is 8.06. The second kappa shape index (κ2) is 4.17. The van der Waals surface area contributed by atoms with Gasteiger partial charge in [-0.1, -0.05) is 0 Å². The van der Waals surface area contributed by atoms with Crippen molar-refractivity contribution in [1.29, 1.82) is 0 Å². The van der Waals surface area contributed by atoms with Crippen molar-refractivity contribution in [3.63, 3.8) is 0 Å². The molecule has 2 aromatic heterocycles. The average Bonchev–Trinajstić information content (AvgIpc) is 2.50. The molecular formula is C14H16N2O. The predicted molar refractivity (Wildman–Crippen MR) is 67.9 cm³/mol. The molecule has 88 valence electrons. The SMILES string of the molecule is Cc1ccnc(-n2c(C)c(C)c(C=O)c2C)c1. The van der Waals surface area contributed by atoms with Crippen LogP contribution >= 0.6 is 0 Å². The summed E-state index contributed by atoms with van der Waals surface area (Å²) in [6, 6.07) is 3.99. The molecule has 3 nitrogen and oxygen atoms in total. The maximum absolute atomic E-state index is 11.1. The molecule has 0 aromatic carbocycles. The lowest BCUT2D eigenvalue weighted by Gasteiger charge is -2.08. The van der Waals surface area contributed by atoms with Crippen LogP contribution in [-0.2, 0) is 0 Å². The van der Waals surface area contributed by atoms with Crippen molar-refractivity contribution in [2.45, 2.75) is 27.7 Å². The summed E-state index contributed by atoms with van der Waals surface area (Å²) in [5.74, 6) is 0.871. The zero-order valence-electron chi connectivity index (χ0n) is 10.6. The minimum Gasteiger partial charge on any atom is -0.302 e. The molecule has 0 N–H and O–H groups in total. The van der Waals surface area contributed by atoms with E-state index in [1.54, 1.807) is 6.20 Å². The normalized spacial score (nSPS) is 10.6. The molecule has 0 saturated carbocycles. The number of aryl methyl sites for hydroxylation is 1. The Bertz CT molecular complexity index is 582. The van der Waals surface area contributed by atoms with Crippen LogP contribution in [0.4, 0.5) is 0 Å². The van der Waals surface area contributed by atoms with Crippen molar-refractivity contribution < 1.29 is 4.79 Å². The van der Waals surface area contributed by atoms with Gasteiger partial charge < -0.3 is 4.57 Å². The molecule has 0 aliphatic carbocycles. The summed E-state index contributed by atoms with van der Waals surface area (Å²) >= 11 is 0. The Hall–Kier alpha value is -1.90. The predicted octanol–water partition coefficient (Wildman–Crippen LogP) is 2.92. The van der Waals surface area contributed by atoms with Crippen LogP contribution in [-0.4, -0.2) is 15.8 Å². The van der Waals surface area contributed by atoms with E-state index >= 15 is 0 Å². The third kappa shape index (κ3) is 1.78. The van der Waals surface area contributed by atoms with Gasteiger partial charge in [-0.3, -0.25) is 4.79 Å². The lowest BCUT2D eigenvalue weighted by Crippen LogP contribution is -2.02. The molecule has 0 atom stereocenters. The highest BCUT2D eigenvalue weighted by molar-refractivity contribution is 5.80. The van der Waals surface area contributed by atoms with E-state index in [0.717, 1.165) is 40.2 Å². The van der Waals surface area contributed by atoms with Gasteiger partial charge in [0, 0.05) is 23.1 Å². The quantitative estimate of drug-likeness (QED) is 0.741. The van der Waals surface area contributed by atoms with Crippen molar-refractivity contribution in [2.24, 2.45) is 0 Å². The Labute approximate surface area is 101 Å². The highest BCUT2D eigenvalue weighted by Crippen LogP contribution is 2.23. The van der Waals surface area contributed by atoms with E-state index < -0.39 is 0 Å². The molecule has 17 heavy (non-hydrogen) atoms. The van der Waals surface area contributed by atoms with Crippen LogP contribution < -0.4 is 0 Å². The van der Waals surface area contributed by atoms with Crippen molar-refractivity contribution in [3.05, 3.63) is 46.4 Å². The number of aromatic nitrogens is 2. The summed E-state index contributed by atoms with van der Waals surface area (Å²) in [5.41, 5.74) is 4.98. The third-order valence-electron chi connectivity index (χ3n) is 3.26. The van der Waals surface area contributed by atoms with Crippen molar-refractivity contribution in [1.82, 2.24) is 9.55 Å². The number of pyridine rings is 1. The summed E-state index contributed by atoms with van der Waals surface area (Å²) in [7, 11) is 0. The van der Waals surface area contributed by atoms with Crippen LogP contribution in [0.25, 0.3) is 5.82 Å². The van der Waals surface area contributed by atoms with Gasteiger partial charge in [0.1, 0.15) is 5.82 Å². The van der Waals surface area contributed by atoms with E-state index in [-0.39, 0.29) is 0 Å². The number of hydrogen-bond acceptors (Lipinski definition) is 2. The van der Waals surface area contributed by atoms with Gasteiger partial charge in [0.05, 0.1) is 0 Å². The van der Waals surface area contributed by atoms with Crippen LogP contribution in [0.3, 0.4) is 0 Å². The maximum Gasteiger partial charge on any atom is 0.152 e. The number of rotatable bonds is 2. The van der Waals surface area contributed by atoms with Crippen LogP contribution in [0.2, 0.25) is 0 Å². The highest BCUT2D eigenvalue weighted by atomic mass is 16.1. The zero-order chi connectivity index (χ0) is 12.6. The number of hydrogen-bond donors (Lipinski definition) is 0. The average molecular weight is 228 g/mol. The van der Waals surface area contributed by atoms with Crippen LogP contribution in [0, 0.1) is 27.7 Å². The van der Waals surface area contributed by atoms with Gasteiger partial charge in [0.15, 0.2) is 6.29 Å². The molecule has 2 rings (SSSR count). The fraction of sp³-hybridized carbons (Fsp3) is 0.286. The van der Waals surface area contributed by atoms with Gasteiger partial charge in [-0.05, 0) is 51.0 Å². The van der Waals surface area contributed by atoms with Crippen molar-refractivity contribution >= 4 is 6.29 Å². The molecule has 0 amide bonds. The molecule has 0 saturated heterocycles. The molecule has 0 bridgehead atoms. The van der Waals surface area contributed by atoms with E-state index in [2.05, 4.69) is 4.98 Å². The minimum atomic E-state index is 0.769. The van der Waals surface area contributed by atoms with E-state index in [1.165, 1.54) is 0 Å². The number of carbonyl (C=O) groups excluding carboxylic acids is 1. The topological polar surface area (TPSA) is 34.9 Å². The third-order valence-corrected chi connectivity index (χ3v) is 3.26. The summed E-state index contributed by atoms with van der Waals surface area (Å²) in [5, 5.41) is 0. The Balaban J connectivity index is 2.72. The van der Waals surface area contributed by atoms with Gasteiger partial charge in [-0.15, -0.1) is 0 Å². The lowest BCUT2D eigenvalue weighted by atomic mass is 10.1. The monoisotopic (exact) mass is 228 g/mol. The molecule has 2 aromatic rings. The van der Waals surface area contributed by atoms with E-state index in [1.807, 2.05) is 44.4 Å². The summed E-state index contributed by atoms with van der Waals surface area (Å²) < 4.78 is 2.03. The molecule has 0 radical (unpaired) electrons. The second-order valence-corrected chi connectivity index (χ2v) is 4.35. The molecule has 0 aliphatic heterocycles. The Morgan fingerprint density at radius 3 is 2.41 bits per heavy atom. The van der Waals surface area contributed by atoms with Crippen molar-refractivity contribution in [2.75, 3.05) is 0 Å². The fourth-order valence-corrected chi connectivity index (χ4v) is 2.17. The maximum atomic E-state index is 11.1. The van der Waals surface area contributed by atoms with E-state index in [4.69, 9.17) is 0 Å². The van der Waals surface area contributed by atoms with Crippen LogP contribution in [0.15, 0.2) is 18.3 Å². The van der Waals surface area contributed by atoms with Gasteiger partial charge in [-0.25, -0.2) is 4.98 Å².